The fourth-order valence-electron chi connectivity index (χ4n) is 2.96. The number of hydrogen-bond donors (Lipinski definition) is 1. The lowest BCUT2D eigenvalue weighted by atomic mass is 9.92. The molecule has 1 atom stereocenters. The van der Waals surface area contributed by atoms with Gasteiger partial charge in [0.05, 0.1) is 18.8 Å². The van der Waals surface area contributed by atoms with Gasteiger partial charge in [0.15, 0.2) is 0 Å². The lowest BCUT2D eigenvalue weighted by Gasteiger charge is -2.32. The Labute approximate surface area is 127 Å². The Kier molecular flexibility index (Phi) is 4.71. The molecule has 21 heavy (non-hydrogen) atoms. The average molecular weight is 293 g/mol. The van der Waals surface area contributed by atoms with Crippen molar-refractivity contribution in [2.75, 3.05) is 13.2 Å². The van der Waals surface area contributed by atoms with Gasteiger partial charge in [0.1, 0.15) is 5.54 Å². The van der Waals surface area contributed by atoms with E-state index in [2.05, 4.69) is 24.3 Å². The molecule has 118 valence electrons. The molecular weight excluding hydrogens is 266 g/mol. The first kappa shape index (κ1) is 16.0. The molecule has 0 aromatic carbocycles. The summed E-state index contributed by atoms with van der Waals surface area (Å²) in [4.78, 5) is 12.6. The van der Waals surface area contributed by atoms with Crippen molar-refractivity contribution in [3.8, 4) is 0 Å². The van der Waals surface area contributed by atoms with Gasteiger partial charge in [-0.15, -0.1) is 0 Å². The number of carbonyl (C=O) groups is 1. The zero-order valence-electron chi connectivity index (χ0n) is 13.8. The van der Waals surface area contributed by atoms with Crippen LogP contribution < -0.4 is 5.32 Å². The quantitative estimate of drug-likeness (QED) is 0.783. The minimum absolute atomic E-state index is 0.139. The summed E-state index contributed by atoms with van der Waals surface area (Å²) in [6.07, 6.45) is 2.15. The van der Waals surface area contributed by atoms with Gasteiger partial charge in [-0.3, -0.25) is 4.68 Å². The number of carbonyl (C=O) groups excluding carboxylic acids is 1. The zero-order chi connectivity index (χ0) is 15.6. The highest BCUT2D eigenvalue weighted by Crippen LogP contribution is 2.41. The summed E-state index contributed by atoms with van der Waals surface area (Å²) in [6.45, 7) is 11.7. The number of rotatable bonds is 7. The maximum absolute atomic E-state index is 12.6. The molecule has 1 aliphatic carbocycles. The molecule has 5 nitrogen and oxygen atoms in total. The van der Waals surface area contributed by atoms with E-state index in [0.29, 0.717) is 19.1 Å². The minimum atomic E-state index is -0.638. The van der Waals surface area contributed by atoms with Gasteiger partial charge < -0.3 is 10.1 Å². The van der Waals surface area contributed by atoms with Crippen molar-refractivity contribution in [3.63, 3.8) is 0 Å². The van der Waals surface area contributed by atoms with Crippen LogP contribution in [0.2, 0.25) is 0 Å². The standard InChI is InChI=1S/C16H27N3O2/c1-6-17-16(14-8-9-14,15(20)21-7-2)10-19-13(5)11(3)12(4)18-19/h14,17H,6-10H2,1-5H3. The molecule has 0 amide bonds. The van der Waals surface area contributed by atoms with Crippen LogP contribution >= 0.6 is 0 Å². The number of likely N-dealkylation sites (N-methyl/N-ethyl adjacent to an activating group) is 1. The highest BCUT2D eigenvalue weighted by molar-refractivity contribution is 5.81. The second-order valence-electron chi connectivity index (χ2n) is 5.95. The van der Waals surface area contributed by atoms with E-state index < -0.39 is 5.54 Å². The van der Waals surface area contributed by atoms with Crippen molar-refractivity contribution in [3.05, 3.63) is 17.0 Å². The molecular formula is C16H27N3O2. The van der Waals surface area contributed by atoms with E-state index in [0.717, 1.165) is 30.8 Å². The number of esters is 1. The molecule has 1 aromatic heterocycles. The smallest absolute Gasteiger partial charge is 0.328 e. The van der Waals surface area contributed by atoms with Crippen molar-refractivity contribution in [1.29, 1.82) is 0 Å². The van der Waals surface area contributed by atoms with E-state index in [-0.39, 0.29) is 5.97 Å². The van der Waals surface area contributed by atoms with Crippen LogP contribution in [0.3, 0.4) is 0 Å². The third-order valence-electron chi connectivity index (χ3n) is 4.55. The van der Waals surface area contributed by atoms with Crippen LogP contribution in [0.1, 0.15) is 43.6 Å². The first-order valence-electron chi connectivity index (χ1n) is 7.89. The van der Waals surface area contributed by atoms with Crippen molar-refractivity contribution >= 4 is 5.97 Å². The molecule has 2 rings (SSSR count). The third-order valence-corrected chi connectivity index (χ3v) is 4.55. The summed E-state index contributed by atoms with van der Waals surface area (Å²) < 4.78 is 7.33. The van der Waals surface area contributed by atoms with Crippen LogP contribution in [0.25, 0.3) is 0 Å². The highest BCUT2D eigenvalue weighted by atomic mass is 16.5. The Bertz CT molecular complexity index is 520. The summed E-state index contributed by atoms with van der Waals surface area (Å²) in [7, 11) is 0. The van der Waals surface area contributed by atoms with E-state index in [1.54, 1.807) is 0 Å². The Morgan fingerprint density at radius 1 is 1.38 bits per heavy atom. The van der Waals surface area contributed by atoms with Crippen LogP contribution in [0.15, 0.2) is 0 Å². The van der Waals surface area contributed by atoms with Gasteiger partial charge >= 0.3 is 5.97 Å². The number of hydrogen-bond acceptors (Lipinski definition) is 4. The van der Waals surface area contributed by atoms with Gasteiger partial charge in [0, 0.05) is 5.69 Å². The monoisotopic (exact) mass is 293 g/mol. The van der Waals surface area contributed by atoms with E-state index in [1.807, 2.05) is 25.5 Å². The Morgan fingerprint density at radius 2 is 2.05 bits per heavy atom. The number of nitrogens with one attached hydrogen (secondary N) is 1. The molecule has 5 heteroatoms. The lowest BCUT2D eigenvalue weighted by molar-refractivity contribution is -0.153. The molecule has 1 aliphatic rings. The van der Waals surface area contributed by atoms with E-state index >= 15 is 0 Å². The summed E-state index contributed by atoms with van der Waals surface area (Å²) in [5, 5.41) is 8.01. The molecule has 1 N–H and O–H groups in total. The normalized spacial score (nSPS) is 17.6. The van der Waals surface area contributed by atoms with E-state index in [1.165, 1.54) is 5.56 Å². The summed E-state index contributed by atoms with van der Waals surface area (Å²) in [5.74, 6) is 0.209. The van der Waals surface area contributed by atoms with Crippen molar-refractivity contribution < 1.29 is 9.53 Å². The second-order valence-corrected chi connectivity index (χ2v) is 5.95. The Morgan fingerprint density at radius 3 is 2.48 bits per heavy atom. The maximum Gasteiger partial charge on any atom is 0.328 e. The van der Waals surface area contributed by atoms with Gasteiger partial charge in [0.25, 0.3) is 0 Å². The average Bonchev–Trinajstić information content (AvgIpc) is 3.25. The van der Waals surface area contributed by atoms with Crippen molar-refractivity contribution in [2.45, 2.75) is 59.5 Å². The third kappa shape index (κ3) is 2.98. The minimum Gasteiger partial charge on any atom is -0.465 e. The lowest BCUT2D eigenvalue weighted by Crippen LogP contribution is -2.58. The summed E-state index contributed by atoms with van der Waals surface area (Å²) in [5.41, 5.74) is 2.71. The molecule has 0 radical (unpaired) electrons. The molecule has 1 saturated carbocycles. The van der Waals surface area contributed by atoms with E-state index in [9.17, 15) is 4.79 Å². The first-order chi connectivity index (χ1) is 9.96. The molecule has 0 bridgehead atoms. The number of ether oxygens (including phenoxy) is 1. The Hall–Kier alpha value is -1.36. The molecule has 1 heterocycles. The zero-order valence-corrected chi connectivity index (χ0v) is 13.8. The molecule has 1 unspecified atom stereocenters. The van der Waals surface area contributed by atoms with Crippen LogP contribution in [0.4, 0.5) is 0 Å². The van der Waals surface area contributed by atoms with Crippen LogP contribution in [-0.4, -0.2) is 34.4 Å². The summed E-state index contributed by atoms with van der Waals surface area (Å²) in [6, 6.07) is 0. The molecule has 0 spiro atoms. The van der Waals surface area contributed by atoms with Crippen LogP contribution in [0.5, 0.6) is 0 Å². The summed E-state index contributed by atoms with van der Waals surface area (Å²) >= 11 is 0. The predicted octanol–water partition coefficient (Wildman–Crippen LogP) is 2.13. The van der Waals surface area contributed by atoms with Crippen molar-refractivity contribution in [1.82, 2.24) is 15.1 Å². The number of aromatic nitrogens is 2. The molecule has 1 fully saturated rings. The number of aryl methyl sites for hydroxylation is 1. The topological polar surface area (TPSA) is 56.2 Å². The van der Waals surface area contributed by atoms with Gasteiger partial charge in [-0.2, -0.15) is 5.10 Å². The Balaban J connectivity index is 2.34. The van der Waals surface area contributed by atoms with Gasteiger partial charge in [-0.25, -0.2) is 4.79 Å². The maximum atomic E-state index is 12.6. The highest BCUT2D eigenvalue weighted by Gasteiger charge is 2.52. The van der Waals surface area contributed by atoms with Gasteiger partial charge in [-0.1, -0.05) is 6.92 Å². The fourth-order valence-corrected chi connectivity index (χ4v) is 2.96. The fraction of sp³-hybridized carbons (Fsp3) is 0.750. The molecule has 1 aromatic rings. The van der Waals surface area contributed by atoms with Crippen LogP contribution in [-0.2, 0) is 16.1 Å². The first-order valence-corrected chi connectivity index (χ1v) is 7.89. The van der Waals surface area contributed by atoms with Gasteiger partial charge in [-0.05, 0) is 58.6 Å². The van der Waals surface area contributed by atoms with Gasteiger partial charge in [0.2, 0.25) is 0 Å². The van der Waals surface area contributed by atoms with Crippen molar-refractivity contribution in [2.24, 2.45) is 5.92 Å². The SMILES string of the molecule is CCNC(Cn1nc(C)c(C)c1C)(C(=O)OCC)C1CC1. The molecule has 0 saturated heterocycles. The van der Waals surface area contributed by atoms with E-state index in [4.69, 9.17) is 4.74 Å². The molecule has 0 aliphatic heterocycles. The number of nitrogens with zero attached hydrogens (tertiary/aromatic N) is 2. The van der Waals surface area contributed by atoms with Crippen LogP contribution in [0, 0.1) is 26.7 Å². The largest absolute Gasteiger partial charge is 0.465 e. The predicted molar refractivity (Wildman–Crippen MR) is 82.2 cm³/mol. The second kappa shape index (κ2) is 6.18.